The lowest BCUT2D eigenvalue weighted by Gasteiger charge is -2.33. The molecule has 1 amide bonds. The van der Waals surface area contributed by atoms with Crippen LogP contribution in [-0.2, 0) is 0 Å². The van der Waals surface area contributed by atoms with E-state index in [2.05, 4.69) is 37.0 Å². The van der Waals surface area contributed by atoms with Crippen molar-refractivity contribution in [2.24, 2.45) is 0 Å². The van der Waals surface area contributed by atoms with Gasteiger partial charge in [0.25, 0.3) is 5.91 Å². The van der Waals surface area contributed by atoms with Gasteiger partial charge in [-0.05, 0) is 46.2 Å². The van der Waals surface area contributed by atoms with Gasteiger partial charge in [-0.1, -0.05) is 0 Å². The monoisotopic (exact) mass is 346 g/mol. The average molecular weight is 346 g/mol. The smallest absolute Gasteiger partial charge is 0.266 e. The molecule has 2 aliphatic rings. The number of carbonyl (C=O) groups is 1. The van der Waals surface area contributed by atoms with Crippen molar-refractivity contribution in [1.82, 2.24) is 30.0 Å². The highest BCUT2D eigenvalue weighted by Crippen LogP contribution is 2.33. The zero-order valence-corrected chi connectivity index (χ0v) is 14.8. The van der Waals surface area contributed by atoms with Crippen LogP contribution in [0.2, 0.25) is 0 Å². The number of H-pyrrole nitrogens is 1. The molecule has 24 heavy (non-hydrogen) atoms. The van der Waals surface area contributed by atoms with Crippen LogP contribution in [0.3, 0.4) is 0 Å². The van der Waals surface area contributed by atoms with Crippen molar-refractivity contribution < 1.29 is 4.79 Å². The van der Waals surface area contributed by atoms with E-state index in [0.29, 0.717) is 17.9 Å². The number of carbonyl (C=O) groups excluding carboxylic acids is 1. The third kappa shape index (κ3) is 2.63. The summed E-state index contributed by atoms with van der Waals surface area (Å²) in [4.78, 5) is 27.0. The maximum absolute atomic E-state index is 13.2. The minimum absolute atomic E-state index is 0.124. The molecule has 2 aromatic heterocycles. The molecule has 2 atom stereocenters. The molecule has 1 N–H and O–H groups in total. The Labute approximate surface area is 145 Å². The lowest BCUT2D eigenvalue weighted by atomic mass is 10.0. The lowest BCUT2D eigenvalue weighted by Crippen LogP contribution is -2.47. The Bertz CT molecular complexity index is 727. The molecule has 2 fully saturated rings. The van der Waals surface area contributed by atoms with Gasteiger partial charge in [-0.15, -0.1) is 11.3 Å². The van der Waals surface area contributed by atoms with E-state index in [1.54, 1.807) is 0 Å². The fourth-order valence-corrected chi connectivity index (χ4v) is 4.97. The lowest BCUT2D eigenvalue weighted by molar-refractivity contribution is 0.0668. The third-order valence-corrected chi connectivity index (χ3v) is 6.34. The van der Waals surface area contributed by atoms with Crippen molar-refractivity contribution in [3.8, 4) is 10.8 Å². The van der Waals surface area contributed by atoms with Crippen LogP contribution in [0.5, 0.6) is 0 Å². The molecule has 0 unspecified atom stereocenters. The molecule has 0 saturated carbocycles. The van der Waals surface area contributed by atoms with Crippen LogP contribution in [0.25, 0.3) is 10.8 Å². The molecule has 7 nitrogen and oxygen atoms in total. The zero-order valence-electron chi connectivity index (χ0n) is 14.0. The van der Waals surface area contributed by atoms with E-state index in [1.807, 2.05) is 6.92 Å². The number of likely N-dealkylation sites (tertiary alicyclic amines) is 2. The van der Waals surface area contributed by atoms with Crippen molar-refractivity contribution in [1.29, 1.82) is 0 Å². The summed E-state index contributed by atoms with van der Waals surface area (Å²) in [6, 6.07) is 0.832. The van der Waals surface area contributed by atoms with E-state index in [4.69, 9.17) is 0 Å². The predicted molar refractivity (Wildman–Crippen MR) is 91.9 cm³/mol. The zero-order chi connectivity index (χ0) is 16.7. The highest BCUT2D eigenvalue weighted by Gasteiger charge is 2.39. The number of aromatic amines is 1. The van der Waals surface area contributed by atoms with Gasteiger partial charge in [-0.3, -0.25) is 9.89 Å². The summed E-state index contributed by atoms with van der Waals surface area (Å²) in [6.45, 7) is 3.89. The third-order valence-electron chi connectivity index (χ3n) is 5.19. The fraction of sp³-hybridized carbons (Fsp3) is 0.625. The molecule has 128 valence electrons. The molecule has 0 aliphatic carbocycles. The first-order chi connectivity index (χ1) is 11.6. The summed E-state index contributed by atoms with van der Waals surface area (Å²) >= 11 is 1.41. The first-order valence-electron chi connectivity index (χ1n) is 8.49. The number of nitrogens with one attached hydrogen (secondary N) is 1. The molecule has 0 bridgehead atoms. The second-order valence-electron chi connectivity index (χ2n) is 6.67. The number of hydrogen-bond acceptors (Lipinski definition) is 6. The minimum atomic E-state index is 0.124. The molecule has 2 aromatic rings. The molecule has 2 aliphatic heterocycles. The van der Waals surface area contributed by atoms with Gasteiger partial charge in [-0.2, -0.15) is 5.10 Å². The van der Waals surface area contributed by atoms with Gasteiger partial charge in [0.05, 0.1) is 5.69 Å². The van der Waals surface area contributed by atoms with Crippen LogP contribution in [0.4, 0.5) is 0 Å². The Morgan fingerprint density at radius 3 is 2.79 bits per heavy atom. The number of aromatic nitrogens is 4. The molecule has 0 aromatic carbocycles. The topological polar surface area (TPSA) is 78.0 Å². The molecule has 4 rings (SSSR count). The van der Waals surface area contributed by atoms with Gasteiger partial charge in [0.15, 0.2) is 10.8 Å². The van der Waals surface area contributed by atoms with Gasteiger partial charge >= 0.3 is 0 Å². The van der Waals surface area contributed by atoms with E-state index >= 15 is 0 Å². The van der Waals surface area contributed by atoms with E-state index in [0.717, 1.165) is 41.5 Å². The number of rotatable bonds is 3. The van der Waals surface area contributed by atoms with Crippen LogP contribution < -0.4 is 0 Å². The Hall–Kier alpha value is -1.80. The first kappa shape index (κ1) is 15.7. The number of likely N-dealkylation sites (N-methyl/N-ethyl adjacent to an activating group) is 1. The molecular formula is C16H22N6OS. The van der Waals surface area contributed by atoms with Crippen molar-refractivity contribution in [3.63, 3.8) is 0 Å². The molecule has 0 spiro atoms. The summed E-state index contributed by atoms with van der Waals surface area (Å²) in [6.07, 6.45) is 6.08. The molecule has 2 saturated heterocycles. The average Bonchev–Trinajstić information content (AvgIpc) is 3.33. The molecule has 8 heteroatoms. The Balaban J connectivity index is 1.59. The first-order valence-corrected chi connectivity index (χ1v) is 9.31. The number of thiazole rings is 1. The van der Waals surface area contributed by atoms with E-state index < -0.39 is 0 Å². The number of aryl methyl sites for hydroxylation is 1. The maximum Gasteiger partial charge on any atom is 0.266 e. The molecule has 0 radical (unpaired) electrons. The van der Waals surface area contributed by atoms with Crippen molar-refractivity contribution in [2.45, 2.75) is 44.7 Å². The molecular weight excluding hydrogens is 324 g/mol. The van der Waals surface area contributed by atoms with Crippen LogP contribution in [0.1, 0.15) is 41.0 Å². The Kier molecular flexibility index (Phi) is 4.09. The van der Waals surface area contributed by atoms with Crippen molar-refractivity contribution in [3.05, 3.63) is 16.9 Å². The predicted octanol–water partition coefficient (Wildman–Crippen LogP) is 1.94. The Morgan fingerprint density at radius 2 is 2.08 bits per heavy atom. The van der Waals surface area contributed by atoms with E-state index in [9.17, 15) is 4.79 Å². The summed E-state index contributed by atoms with van der Waals surface area (Å²) in [5, 5.41) is 7.40. The van der Waals surface area contributed by atoms with Crippen molar-refractivity contribution >= 4 is 17.2 Å². The SMILES string of the molecule is Cc1nc(-c2ncn[nH]2)sc1C(=O)N1CCC[C@H]1[C@H]1CCCN1C. The fourth-order valence-electron chi connectivity index (χ4n) is 4.00. The molecule has 4 heterocycles. The van der Waals surface area contributed by atoms with E-state index in [-0.39, 0.29) is 5.91 Å². The van der Waals surface area contributed by atoms with Gasteiger partial charge < -0.3 is 9.80 Å². The standard InChI is InChI=1S/C16H22N6OS/c1-10-13(24-15(19-10)14-17-9-18-20-14)16(23)22-8-4-6-12(22)11-5-3-7-21(11)2/h9,11-12H,3-8H2,1-2H3,(H,17,18,20)/t11-,12+/m1/s1. The summed E-state index contributed by atoms with van der Waals surface area (Å²) < 4.78 is 0. The second-order valence-corrected chi connectivity index (χ2v) is 7.67. The summed E-state index contributed by atoms with van der Waals surface area (Å²) in [5.41, 5.74) is 0.779. The second kappa shape index (κ2) is 6.25. The van der Waals surface area contributed by atoms with Gasteiger partial charge in [0.2, 0.25) is 0 Å². The van der Waals surface area contributed by atoms with Crippen LogP contribution >= 0.6 is 11.3 Å². The van der Waals surface area contributed by atoms with Crippen molar-refractivity contribution in [2.75, 3.05) is 20.1 Å². The largest absolute Gasteiger partial charge is 0.333 e. The quantitative estimate of drug-likeness (QED) is 0.919. The van der Waals surface area contributed by atoms with Gasteiger partial charge in [-0.25, -0.2) is 9.97 Å². The number of nitrogens with zero attached hydrogens (tertiary/aromatic N) is 5. The highest BCUT2D eigenvalue weighted by molar-refractivity contribution is 7.17. The maximum atomic E-state index is 13.2. The van der Waals surface area contributed by atoms with Gasteiger partial charge in [0.1, 0.15) is 11.2 Å². The van der Waals surface area contributed by atoms with Crippen LogP contribution in [-0.4, -0.2) is 68.1 Å². The minimum Gasteiger partial charge on any atom is -0.333 e. The summed E-state index contributed by atoms with van der Waals surface area (Å²) in [7, 11) is 2.18. The normalized spacial score (nSPS) is 24.8. The van der Waals surface area contributed by atoms with Gasteiger partial charge in [0, 0.05) is 18.6 Å². The van der Waals surface area contributed by atoms with Crippen LogP contribution in [0.15, 0.2) is 6.33 Å². The Morgan fingerprint density at radius 1 is 1.29 bits per heavy atom. The van der Waals surface area contributed by atoms with Crippen LogP contribution in [0, 0.1) is 6.92 Å². The van der Waals surface area contributed by atoms with E-state index in [1.165, 1.54) is 30.5 Å². The summed E-state index contributed by atoms with van der Waals surface area (Å²) in [5.74, 6) is 0.745. The number of amides is 1. The highest BCUT2D eigenvalue weighted by atomic mass is 32.1. The number of hydrogen-bond donors (Lipinski definition) is 1.